The number of benzene rings is 1. The summed E-state index contributed by atoms with van der Waals surface area (Å²) in [6.45, 7) is 0. The zero-order valence-electron chi connectivity index (χ0n) is 8.87. The first-order valence-corrected chi connectivity index (χ1v) is 5.96. The second-order valence-corrected chi connectivity index (χ2v) is 4.28. The van der Waals surface area contributed by atoms with Gasteiger partial charge in [-0.15, -0.1) is 10.2 Å². The summed E-state index contributed by atoms with van der Waals surface area (Å²) in [6, 6.07) is 13.2. The molecule has 5 heteroatoms. The quantitative estimate of drug-likeness (QED) is 0.751. The summed E-state index contributed by atoms with van der Waals surface area (Å²) in [7, 11) is 0. The molecule has 0 aliphatic heterocycles. The topological polar surface area (TPSA) is 65.9 Å². The maximum atomic E-state index is 10.3. The maximum Gasteiger partial charge on any atom is 0.119 e. The summed E-state index contributed by atoms with van der Waals surface area (Å²) >= 11 is 1.10. The summed E-state index contributed by atoms with van der Waals surface area (Å²) in [6.07, 6.45) is 0. The highest BCUT2D eigenvalue weighted by atomic mass is 32.2. The molecule has 17 heavy (non-hydrogen) atoms. The monoisotopic (exact) mass is 245 g/mol. The molecule has 2 rings (SSSR count). The molecule has 0 aliphatic rings. The van der Waals surface area contributed by atoms with Crippen molar-refractivity contribution in [1.29, 1.82) is 0 Å². The Hall–Kier alpha value is -1.88. The minimum absolute atomic E-state index is 0.112. The van der Waals surface area contributed by atoms with Gasteiger partial charge in [0.1, 0.15) is 5.03 Å². The smallest absolute Gasteiger partial charge is 0.119 e. The standard InChI is InChI=1S/C12H10N2O2S/c15-12(16)8-17-11-7-6-10(13-14-11)9-4-2-1-3-5-9/h1-7H,8H2,(H,15,16)/p-1. The summed E-state index contributed by atoms with van der Waals surface area (Å²) in [4.78, 5) is 10.3. The average Bonchev–Trinajstić information content (AvgIpc) is 2.38. The van der Waals surface area contributed by atoms with Crippen molar-refractivity contribution in [3.8, 4) is 11.3 Å². The molecule has 1 aromatic carbocycles. The van der Waals surface area contributed by atoms with Crippen LogP contribution in [0.3, 0.4) is 0 Å². The minimum Gasteiger partial charge on any atom is -0.549 e. The molecule has 2 aromatic rings. The lowest BCUT2D eigenvalue weighted by atomic mass is 10.1. The molecule has 0 aliphatic carbocycles. The van der Waals surface area contributed by atoms with Gasteiger partial charge in [-0.3, -0.25) is 0 Å². The first-order chi connectivity index (χ1) is 8.25. The van der Waals surface area contributed by atoms with Crippen molar-refractivity contribution in [3.05, 3.63) is 42.5 Å². The van der Waals surface area contributed by atoms with Crippen LogP contribution in [0.2, 0.25) is 0 Å². The summed E-state index contributed by atoms with van der Waals surface area (Å²) in [5.41, 5.74) is 1.75. The molecule has 0 N–H and O–H groups in total. The third-order valence-corrected chi connectivity index (χ3v) is 2.94. The molecule has 0 radical (unpaired) electrons. The van der Waals surface area contributed by atoms with Crippen molar-refractivity contribution in [2.45, 2.75) is 5.03 Å². The largest absolute Gasteiger partial charge is 0.549 e. The summed E-state index contributed by atoms with van der Waals surface area (Å²) in [5.74, 6) is -1.22. The SMILES string of the molecule is O=C([O-])CSc1ccc(-c2ccccc2)nn1. The van der Waals surface area contributed by atoms with Gasteiger partial charge in [-0.05, 0) is 12.1 Å². The van der Waals surface area contributed by atoms with Gasteiger partial charge in [0.05, 0.1) is 11.7 Å². The fraction of sp³-hybridized carbons (Fsp3) is 0.0833. The maximum absolute atomic E-state index is 10.3. The molecule has 0 saturated carbocycles. The fourth-order valence-corrected chi connectivity index (χ4v) is 1.82. The summed E-state index contributed by atoms with van der Waals surface area (Å²) < 4.78 is 0. The van der Waals surface area contributed by atoms with E-state index in [1.54, 1.807) is 6.07 Å². The molecule has 0 unspecified atom stereocenters. The van der Waals surface area contributed by atoms with E-state index >= 15 is 0 Å². The Bertz CT molecular complexity index is 500. The number of nitrogens with zero attached hydrogens (tertiary/aromatic N) is 2. The van der Waals surface area contributed by atoms with Gasteiger partial charge in [-0.25, -0.2) is 0 Å². The highest BCUT2D eigenvalue weighted by molar-refractivity contribution is 7.99. The Morgan fingerprint density at radius 3 is 2.47 bits per heavy atom. The number of hydrogen-bond donors (Lipinski definition) is 0. The van der Waals surface area contributed by atoms with Crippen molar-refractivity contribution in [2.75, 3.05) is 5.75 Å². The van der Waals surface area contributed by atoms with Gasteiger partial charge in [0, 0.05) is 11.3 Å². The van der Waals surface area contributed by atoms with Crippen molar-refractivity contribution in [1.82, 2.24) is 10.2 Å². The third kappa shape index (κ3) is 3.29. The molecule has 0 saturated heterocycles. The van der Waals surface area contributed by atoms with Gasteiger partial charge in [-0.1, -0.05) is 42.1 Å². The van der Waals surface area contributed by atoms with Crippen LogP contribution in [0, 0.1) is 0 Å². The second kappa shape index (κ2) is 5.45. The number of aromatic nitrogens is 2. The van der Waals surface area contributed by atoms with E-state index < -0.39 is 5.97 Å². The highest BCUT2D eigenvalue weighted by Crippen LogP contribution is 2.18. The Labute approximate surface area is 103 Å². The number of rotatable bonds is 4. The van der Waals surface area contributed by atoms with Crippen LogP contribution < -0.4 is 5.11 Å². The fourth-order valence-electron chi connectivity index (χ4n) is 1.29. The Morgan fingerprint density at radius 2 is 1.88 bits per heavy atom. The van der Waals surface area contributed by atoms with E-state index in [2.05, 4.69) is 10.2 Å². The molecular weight excluding hydrogens is 236 g/mol. The van der Waals surface area contributed by atoms with Gasteiger partial charge in [-0.2, -0.15) is 0 Å². The van der Waals surface area contributed by atoms with Crippen molar-refractivity contribution >= 4 is 17.7 Å². The zero-order valence-corrected chi connectivity index (χ0v) is 9.68. The van der Waals surface area contributed by atoms with Gasteiger partial charge in [0.2, 0.25) is 0 Å². The van der Waals surface area contributed by atoms with Crippen LogP contribution in [0.5, 0.6) is 0 Å². The van der Waals surface area contributed by atoms with Crippen LogP contribution in [0.1, 0.15) is 0 Å². The van der Waals surface area contributed by atoms with E-state index in [1.807, 2.05) is 36.4 Å². The molecule has 4 nitrogen and oxygen atoms in total. The molecule has 1 aromatic heterocycles. The number of carbonyl (C=O) groups excluding carboxylic acids is 1. The molecular formula is C12H9N2O2S-. The number of aliphatic carboxylic acids is 1. The van der Waals surface area contributed by atoms with Crippen molar-refractivity contribution in [3.63, 3.8) is 0 Å². The van der Waals surface area contributed by atoms with E-state index in [4.69, 9.17) is 0 Å². The lowest BCUT2D eigenvalue weighted by molar-refractivity contribution is -0.301. The number of carboxylic acid groups (broad SMARTS) is 1. The van der Waals surface area contributed by atoms with Crippen LogP contribution in [0.25, 0.3) is 11.3 Å². The lowest BCUT2D eigenvalue weighted by Gasteiger charge is -2.02. The zero-order chi connectivity index (χ0) is 12.1. The first kappa shape index (κ1) is 11.6. The second-order valence-electron chi connectivity index (χ2n) is 3.28. The summed E-state index contributed by atoms with van der Waals surface area (Å²) in [5, 5.41) is 18.9. The Morgan fingerprint density at radius 1 is 1.12 bits per heavy atom. The molecule has 0 spiro atoms. The van der Waals surface area contributed by atoms with Crippen molar-refractivity contribution in [2.24, 2.45) is 0 Å². The van der Waals surface area contributed by atoms with Crippen molar-refractivity contribution < 1.29 is 9.90 Å². The van der Waals surface area contributed by atoms with Gasteiger partial charge < -0.3 is 9.90 Å². The third-order valence-electron chi connectivity index (χ3n) is 2.05. The van der Waals surface area contributed by atoms with E-state index in [-0.39, 0.29) is 5.75 Å². The van der Waals surface area contributed by atoms with Crippen LogP contribution in [0.15, 0.2) is 47.5 Å². The molecule has 0 atom stereocenters. The number of carbonyl (C=O) groups is 1. The molecule has 0 amide bonds. The predicted octanol–water partition coefficient (Wildman–Crippen LogP) is 0.986. The number of hydrogen-bond acceptors (Lipinski definition) is 5. The Kier molecular flexibility index (Phi) is 3.72. The van der Waals surface area contributed by atoms with Crippen LogP contribution in [-0.2, 0) is 4.79 Å². The van der Waals surface area contributed by atoms with Gasteiger partial charge in [0.15, 0.2) is 0 Å². The van der Waals surface area contributed by atoms with Gasteiger partial charge in [0.25, 0.3) is 0 Å². The molecule has 0 bridgehead atoms. The van der Waals surface area contributed by atoms with Crippen LogP contribution in [-0.4, -0.2) is 21.9 Å². The van der Waals surface area contributed by atoms with E-state index in [9.17, 15) is 9.90 Å². The lowest BCUT2D eigenvalue weighted by Crippen LogP contribution is -2.24. The number of thioether (sulfide) groups is 1. The predicted molar refractivity (Wildman–Crippen MR) is 63.2 cm³/mol. The van der Waals surface area contributed by atoms with E-state index in [0.717, 1.165) is 23.0 Å². The minimum atomic E-state index is -1.11. The molecule has 0 fully saturated rings. The van der Waals surface area contributed by atoms with Crippen LogP contribution in [0.4, 0.5) is 0 Å². The normalized spacial score (nSPS) is 10.1. The first-order valence-electron chi connectivity index (χ1n) is 4.97. The average molecular weight is 245 g/mol. The van der Waals surface area contributed by atoms with E-state index in [1.165, 1.54) is 0 Å². The van der Waals surface area contributed by atoms with E-state index in [0.29, 0.717) is 5.03 Å². The van der Waals surface area contributed by atoms with Crippen LogP contribution >= 0.6 is 11.8 Å². The molecule has 86 valence electrons. The molecule has 1 heterocycles. The number of carboxylic acids is 1. The van der Waals surface area contributed by atoms with Gasteiger partial charge >= 0.3 is 0 Å². The highest BCUT2D eigenvalue weighted by Gasteiger charge is 2.00. The Balaban J connectivity index is 2.11.